The number of ether oxygens (including phenoxy) is 3. The highest BCUT2D eigenvalue weighted by molar-refractivity contribution is 7.82. The number of amides is 3. The van der Waals surface area contributed by atoms with Gasteiger partial charge < -0.3 is 24.8 Å². The molecule has 3 rings (SSSR count). The zero-order chi connectivity index (χ0) is 24.0. The molecule has 3 amide bonds. The monoisotopic (exact) mass is 487 g/mol. The number of urea groups is 1. The number of rotatable bonds is 7. The van der Waals surface area contributed by atoms with Crippen molar-refractivity contribution in [2.75, 3.05) is 36.3 Å². The Morgan fingerprint density at radius 3 is 2.06 bits per heavy atom. The summed E-state index contributed by atoms with van der Waals surface area (Å²) in [7, 11) is 4.51. The maximum absolute atomic E-state index is 12.7. The number of benzene rings is 3. The lowest BCUT2D eigenvalue weighted by Crippen LogP contribution is -2.27. The molecule has 0 saturated heterocycles. The average Bonchev–Trinajstić information content (AvgIpc) is 2.84. The molecule has 2 N–H and O–H groups in total. The third kappa shape index (κ3) is 5.82. The Balaban J connectivity index is 1.67. The van der Waals surface area contributed by atoms with E-state index in [0.29, 0.717) is 44.9 Å². The van der Waals surface area contributed by atoms with Crippen LogP contribution in [0.2, 0.25) is 5.02 Å². The van der Waals surface area contributed by atoms with Gasteiger partial charge in [-0.3, -0.25) is 4.79 Å². The van der Waals surface area contributed by atoms with Crippen LogP contribution in [0.1, 0.15) is 10.4 Å². The lowest BCUT2D eigenvalue weighted by Gasteiger charge is -2.19. The van der Waals surface area contributed by atoms with Gasteiger partial charge in [-0.2, -0.15) is 0 Å². The van der Waals surface area contributed by atoms with Crippen LogP contribution in [0.4, 0.5) is 21.9 Å². The van der Waals surface area contributed by atoms with Crippen molar-refractivity contribution in [3.63, 3.8) is 0 Å². The molecule has 3 aromatic rings. The van der Waals surface area contributed by atoms with E-state index in [1.54, 1.807) is 61.7 Å². The second-order valence-electron chi connectivity index (χ2n) is 6.66. The van der Waals surface area contributed by atoms with Crippen LogP contribution in [0.25, 0.3) is 0 Å². The maximum Gasteiger partial charge on any atom is 0.336 e. The maximum atomic E-state index is 12.7. The number of methoxy groups -OCH3 is 3. The van der Waals surface area contributed by atoms with E-state index in [1.807, 2.05) is 0 Å². The van der Waals surface area contributed by atoms with E-state index in [0.717, 1.165) is 4.31 Å². The Morgan fingerprint density at radius 2 is 1.48 bits per heavy atom. The Kier molecular flexibility index (Phi) is 7.92. The predicted molar refractivity (Wildman–Crippen MR) is 132 cm³/mol. The standard InChI is InChI=1S/C23H22ClN3O5S/c1-30-17-10-4-14(5-11-17)22(28)25-15-6-8-16(9-7-15)27(33)23(29)26-19-12-18(24)20(31-2)13-21(19)32-3/h4-13,33H,1-3H3,(H,25,28)(H,26,29). The molecule has 0 radical (unpaired) electrons. The number of thiol groups is 1. The average molecular weight is 488 g/mol. The summed E-state index contributed by atoms with van der Waals surface area (Å²) in [5.74, 6) is 1.19. The number of nitrogens with one attached hydrogen (secondary N) is 2. The van der Waals surface area contributed by atoms with Gasteiger partial charge in [-0.15, -0.1) is 0 Å². The van der Waals surface area contributed by atoms with Gasteiger partial charge in [-0.25, -0.2) is 9.10 Å². The normalized spacial score (nSPS) is 10.2. The van der Waals surface area contributed by atoms with Gasteiger partial charge in [0.2, 0.25) is 0 Å². The first-order valence-corrected chi connectivity index (χ1v) is 10.4. The third-order valence-electron chi connectivity index (χ3n) is 4.63. The molecular weight excluding hydrogens is 466 g/mol. The Morgan fingerprint density at radius 1 is 0.848 bits per heavy atom. The fraction of sp³-hybridized carbons (Fsp3) is 0.130. The van der Waals surface area contributed by atoms with Crippen molar-refractivity contribution < 1.29 is 23.8 Å². The predicted octanol–water partition coefficient (Wildman–Crippen LogP) is 5.50. The Hall–Kier alpha value is -3.56. The van der Waals surface area contributed by atoms with E-state index >= 15 is 0 Å². The first-order valence-electron chi connectivity index (χ1n) is 9.63. The summed E-state index contributed by atoms with van der Waals surface area (Å²) < 4.78 is 16.7. The summed E-state index contributed by atoms with van der Waals surface area (Å²) in [5, 5.41) is 5.81. The van der Waals surface area contributed by atoms with E-state index < -0.39 is 6.03 Å². The van der Waals surface area contributed by atoms with E-state index in [-0.39, 0.29) is 5.91 Å². The zero-order valence-electron chi connectivity index (χ0n) is 18.1. The highest BCUT2D eigenvalue weighted by Crippen LogP contribution is 2.36. The van der Waals surface area contributed by atoms with Gasteiger partial charge in [-0.05, 0) is 54.6 Å². The summed E-state index contributed by atoms with van der Waals surface area (Å²) in [4.78, 5) is 25.1. The number of anilines is 3. The molecule has 3 aromatic carbocycles. The van der Waals surface area contributed by atoms with Crippen LogP contribution in [0.15, 0.2) is 60.7 Å². The van der Waals surface area contributed by atoms with Gasteiger partial charge in [0.05, 0.1) is 37.7 Å². The molecule has 0 atom stereocenters. The van der Waals surface area contributed by atoms with Gasteiger partial charge >= 0.3 is 6.03 Å². The second kappa shape index (κ2) is 10.8. The molecule has 0 heterocycles. The van der Waals surface area contributed by atoms with Crippen molar-refractivity contribution >= 4 is 53.4 Å². The van der Waals surface area contributed by atoms with Crippen molar-refractivity contribution in [3.05, 3.63) is 71.2 Å². The molecule has 172 valence electrons. The molecule has 0 aliphatic heterocycles. The van der Waals surface area contributed by atoms with Crippen molar-refractivity contribution in [1.29, 1.82) is 0 Å². The third-order valence-corrected chi connectivity index (χ3v) is 5.34. The molecule has 0 bridgehead atoms. The van der Waals surface area contributed by atoms with Gasteiger partial charge in [0.1, 0.15) is 17.2 Å². The molecule has 33 heavy (non-hydrogen) atoms. The number of carbonyl (C=O) groups excluding carboxylic acids is 2. The molecular formula is C23H22ClN3O5S. The fourth-order valence-corrected chi connectivity index (χ4v) is 3.30. The van der Waals surface area contributed by atoms with E-state index in [9.17, 15) is 9.59 Å². The second-order valence-corrected chi connectivity index (χ2v) is 7.47. The number of carbonyl (C=O) groups is 2. The molecule has 0 aliphatic rings. The smallest absolute Gasteiger partial charge is 0.336 e. The highest BCUT2D eigenvalue weighted by atomic mass is 35.5. The van der Waals surface area contributed by atoms with E-state index in [1.165, 1.54) is 20.3 Å². The summed E-state index contributed by atoms with van der Waals surface area (Å²) in [6.45, 7) is 0. The SMILES string of the molecule is COc1ccc(C(=O)Nc2ccc(N(S)C(=O)Nc3cc(Cl)c(OC)cc3OC)cc2)cc1. The van der Waals surface area contributed by atoms with Gasteiger partial charge in [0.25, 0.3) is 5.91 Å². The number of halogens is 1. The van der Waals surface area contributed by atoms with Gasteiger partial charge in [0.15, 0.2) is 0 Å². The van der Waals surface area contributed by atoms with Crippen LogP contribution in [-0.4, -0.2) is 33.3 Å². The molecule has 10 heteroatoms. The first kappa shape index (κ1) is 24.1. The van der Waals surface area contributed by atoms with Crippen LogP contribution in [0, 0.1) is 0 Å². The van der Waals surface area contributed by atoms with E-state index in [4.69, 9.17) is 25.8 Å². The van der Waals surface area contributed by atoms with Gasteiger partial charge in [0, 0.05) is 17.3 Å². The molecule has 0 fully saturated rings. The minimum atomic E-state index is -0.534. The van der Waals surface area contributed by atoms with Crippen molar-refractivity contribution in [2.24, 2.45) is 0 Å². The number of hydrogen-bond acceptors (Lipinski definition) is 6. The topological polar surface area (TPSA) is 89.1 Å². The summed E-state index contributed by atoms with van der Waals surface area (Å²) in [5.41, 5.74) is 1.89. The lowest BCUT2D eigenvalue weighted by atomic mass is 10.2. The van der Waals surface area contributed by atoms with Crippen LogP contribution < -0.4 is 29.1 Å². The lowest BCUT2D eigenvalue weighted by molar-refractivity contribution is 0.102. The summed E-state index contributed by atoms with van der Waals surface area (Å²) in [6.07, 6.45) is 0. The molecule has 8 nitrogen and oxygen atoms in total. The molecule has 0 spiro atoms. The largest absolute Gasteiger partial charge is 0.497 e. The fourth-order valence-electron chi connectivity index (χ4n) is 2.87. The van der Waals surface area contributed by atoms with Crippen LogP contribution in [0.5, 0.6) is 17.2 Å². The minimum Gasteiger partial charge on any atom is -0.497 e. The number of nitrogens with zero attached hydrogens (tertiary/aromatic N) is 1. The van der Waals surface area contributed by atoms with Crippen LogP contribution in [0.3, 0.4) is 0 Å². The Bertz CT molecular complexity index is 1140. The zero-order valence-corrected chi connectivity index (χ0v) is 19.7. The quantitative estimate of drug-likeness (QED) is 0.383. The summed E-state index contributed by atoms with van der Waals surface area (Å²) in [6, 6.07) is 15.9. The van der Waals surface area contributed by atoms with Crippen LogP contribution >= 0.6 is 24.4 Å². The van der Waals surface area contributed by atoms with Crippen molar-refractivity contribution in [2.45, 2.75) is 0 Å². The molecule has 0 saturated carbocycles. The minimum absolute atomic E-state index is 0.269. The van der Waals surface area contributed by atoms with Crippen molar-refractivity contribution in [1.82, 2.24) is 0 Å². The molecule has 0 aliphatic carbocycles. The summed E-state index contributed by atoms with van der Waals surface area (Å²) >= 11 is 10.4. The highest BCUT2D eigenvalue weighted by Gasteiger charge is 2.17. The Labute approximate surface area is 201 Å². The molecule has 0 aromatic heterocycles. The molecule has 0 unspecified atom stereocenters. The number of hydrogen-bond donors (Lipinski definition) is 3. The van der Waals surface area contributed by atoms with Crippen molar-refractivity contribution in [3.8, 4) is 17.2 Å². The van der Waals surface area contributed by atoms with Gasteiger partial charge in [-0.1, -0.05) is 24.4 Å². The van der Waals surface area contributed by atoms with E-state index in [2.05, 4.69) is 23.4 Å². The van der Waals surface area contributed by atoms with Crippen LogP contribution in [-0.2, 0) is 0 Å². The first-order chi connectivity index (χ1) is 15.9.